The Labute approximate surface area is 191 Å². The summed E-state index contributed by atoms with van der Waals surface area (Å²) in [6.07, 6.45) is 0.876. The second kappa shape index (κ2) is 8.63. The lowest BCUT2D eigenvalue weighted by atomic mass is 10.0. The van der Waals surface area contributed by atoms with Crippen LogP contribution in [-0.2, 0) is 22.8 Å². The molecule has 0 saturated carbocycles. The lowest BCUT2D eigenvalue weighted by Gasteiger charge is -2.29. The van der Waals surface area contributed by atoms with Crippen molar-refractivity contribution in [3.8, 4) is 11.5 Å². The van der Waals surface area contributed by atoms with Crippen molar-refractivity contribution < 1.29 is 13.6 Å². The molecule has 0 fully saturated rings. The Morgan fingerprint density at radius 3 is 1.74 bits per heavy atom. The van der Waals surface area contributed by atoms with Gasteiger partial charge in [-0.05, 0) is 18.6 Å². The van der Waals surface area contributed by atoms with Crippen LogP contribution in [0.25, 0.3) is 0 Å². The van der Waals surface area contributed by atoms with Gasteiger partial charge in [0.15, 0.2) is 11.5 Å². The van der Waals surface area contributed by atoms with Crippen molar-refractivity contribution >= 4 is 88.1 Å². The zero-order valence-electron chi connectivity index (χ0n) is 13.6. The maximum absolute atomic E-state index is 6.42. The first-order valence-electron chi connectivity index (χ1n) is 7.63. The molecule has 3 rings (SSSR count). The SMILES string of the molecule is CCCOP1(=S)Oc2c(Cl)cc(Cl)c(Cl)c2Cc2c(Cl)c(Cl)cc(Cl)c2O1. The Morgan fingerprint density at radius 2 is 1.33 bits per heavy atom. The minimum absolute atomic E-state index is 0.173. The van der Waals surface area contributed by atoms with Crippen LogP contribution >= 0.6 is 76.3 Å². The van der Waals surface area contributed by atoms with Crippen LogP contribution in [0.1, 0.15) is 24.5 Å². The summed E-state index contributed by atoms with van der Waals surface area (Å²) >= 11 is 43.5. The molecule has 0 spiro atoms. The third-order valence-electron chi connectivity index (χ3n) is 3.65. The molecule has 0 amide bonds. The van der Waals surface area contributed by atoms with Crippen LogP contribution in [-0.4, -0.2) is 6.61 Å². The van der Waals surface area contributed by atoms with Gasteiger partial charge >= 0.3 is 6.72 Å². The first-order chi connectivity index (χ1) is 12.7. The van der Waals surface area contributed by atoms with E-state index in [4.69, 9.17) is 95.0 Å². The number of hydrogen-bond acceptors (Lipinski definition) is 4. The molecule has 0 N–H and O–H groups in total. The van der Waals surface area contributed by atoms with E-state index in [0.29, 0.717) is 24.2 Å². The van der Waals surface area contributed by atoms with Crippen LogP contribution in [0.4, 0.5) is 0 Å². The molecule has 3 nitrogen and oxygen atoms in total. The first kappa shape index (κ1) is 22.1. The van der Waals surface area contributed by atoms with Crippen molar-refractivity contribution in [1.82, 2.24) is 0 Å². The third kappa shape index (κ3) is 4.45. The lowest BCUT2D eigenvalue weighted by Crippen LogP contribution is -2.12. The normalized spacial score (nSPS) is 15.1. The summed E-state index contributed by atoms with van der Waals surface area (Å²) in [5.74, 6) is 0.478. The van der Waals surface area contributed by atoms with E-state index in [1.54, 1.807) is 0 Å². The first-order valence-corrected chi connectivity index (χ1v) is 12.5. The minimum Gasteiger partial charge on any atom is -0.414 e. The highest BCUT2D eigenvalue weighted by Gasteiger charge is 2.34. The predicted octanol–water partition coefficient (Wildman–Crippen LogP) is 8.62. The van der Waals surface area contributed by atoms with E-state index in [1.807, 2.05) is 6.92 Å². The van der Waals surface area contributed by atoms with Gasteiger partial charge in [0, 0.05) is 29.4 Å². The second-order valence-electron chi connectivity index (χ2n) is 5.56. The standard InChI is InChI=1S/C16H11Cl6O3PS/c1-2-3-23-26(27)24-15-7(13(21)9(17)5-11(15)19)4-8-14(22)10(18)6-12(20)16(8)25-26/h5-6H,2-4H2,1H3. The van der Waals surface area contributed by atoms with Gasteiger partial charge in [-0.15, -0.1) is 0 Å². The van der Waals surface area contributed by atoms with Gasteiger partial charge in [-0.3, -0.25) is 4.52 Å². The number of fused-ring (bicyclic) bond motifs is 2. The molecule has 0 radical (unpaired) electrons. The Balaban J connectivity index is 2.31. The summed E-state index contributed by atoms with van der Waals surface area (Å²) in [5, 5.41) is 1.49. The number of rotatable bonds is 3. The zero-order valence-corrected chi connectivity index (χ0v) is 19.9. The molecule has 0 unspecified atom stereocenters. The molecule has 0 aliphatic carbocycles. The minimum atomic E-state index is -3.33. The molecule has 0 atom stereocenters. The lowest BCUT2D eigenvalue weighted by molar-refractivity contribution is 0.260. The predicted molar refractivity (Wildman–Crippen MR) is 118 cm³/mol. The van der Waals surface area contributed by atoms with E-state index in [0.717, 1.165) is 0 Å². The smallest absolute Gasteiger partial charge is 0.414 e. The molecule has 2 aromatic rings. The molecular formula is C16H11Cl6O3PS. The van der Waals surface area contributed by atoms with Crippen LogP contribution in [0, 0.1) is 0 Å². The maximum atomic E-state index is 6.42. The van der Waals surface area contributed by atoms with Crippen molar-refractivity contribution in [2.45, 2.75) is 19.8 Å². The van der Waals surface area contributed by atoms with Gasteiger partial charge in [0.05, 0.1) is 36.7 Å². The summed E-state index contributed by atoms with van der Waals surface area (Å²) in [5.41, 5.74) is 0.988. The van der Waals surface area contributed by atoms with E-state index in [9.17, 15) is 0 Å². The summed E-state index contributed by atoms with van der Waals surface area (Å²) in [6.45, 7) is -1.08. The Morgan fingerprint density at radius 1 is 0.889 bits per heavy atom. The van der Waals surface area contributed by atoms with E-state index in [2.05, 4.69) is 0 Å². The quantitative estimate of drug-likeness (QED) is 0.295. The highest BCUT2D eigenvalue weighted by atomic mass is 35.5. The molecule has 27 heavy (non-hydrogen) atoms. The molecule has 1 aliphatic rings. The fourth-order valence-electron chi connectivity index (χ4n) is 2.44. The average Bonchev–Trinajstić information content (AvgIpc) is 2.59. The van der Waals surface area contributed by atoms with E-state index in [-0.39, 0.29) is 48.1 Å². The number of hydrogen-bond donors (Lipinski definition) is 0. The van der Waals surface area contributed by atoms with Crippen LogP contribution in [0.2, 0.25) is 30.1 Å². The monoisotopic (exact) mass is 524 g/mol. The van der Waals surface area contributed by atoms with E-state index in [1.165, 1.54) is 12.1 Å². The Hall–Kier alpha value is 0.390. The molecule has 0 saturated heterocycles. The van der Waals surface area contributed by atoms with Crippen molar-refractivity contribution in [2.75, 3.05) is 6.61 Å². The molecular weight excluding hydrogens is 516 g/mol. The molecule has 146 valence electrons. The van der Waals surface area contributed by atoms with Gasteiger partial charge in [-0.1, -0.05) is 76.5 Å². The molecule has 2 aromatic carbocycles. The van der Waals surface area contributed by atoms with E-state index >= 15 is 0 Å². The van der Waals surface area contributed by atoms with Crippen molar-refractivity contribution in [3.05, 3.63) is 53.4 Å². The van der Waals surface area contributed by atoms with Gasteiger partial charge in [0.25, 0.3) is 0 Å². The Bertz CT molecular complexity index is 899. The fraction of sp³-hybridized carbons (Fsp3) is 0.250. The number of halogens is 6. The molecule has 1 aliphatic heterocycles. The van der Waals surface area contributed by atoms with Gasteiger partial charge in [0.2, 0.25) is 0 Å². The topological polar surface area (TPSA) is 27.7 Å². The van der Waals surface area contributed by atoms with E-state index < -0.39 is 6.72 Å². The maximum Gasteiger partial charge on any atom is 0.435 e. The third-order valence-corrected chi connectivity index (χ3v) is 7.94. The molecule has 0 bridgehead atoms. The van der Waals surface area contributed by atoms with Crippen molar-refractivity contribution in [2.24, 2.45) is 0 Å². The van der Waals surface area contributed by atoms with Gasteiger partial charge < -0.3 is 9.05 Å². The van der Waals surface area contributed by atoms with Crippen LogP contribution < -0.4 is 9.05 Å². The molecule has 11 heteroatoms. The molecule has 1 heterocycles. The highest BCUT2D eigenvalue weighted by molar-refractivity contribution is 8.07. The van der Waals surface area contributed by atoms with Crippen molar-refractivity contribution in [3.63, 3.8) is 0 Å². The number of benzene rings is 2. The van der Waals surface area contributed by atoms with Gasteiger partial charge in [0.1, 0.15) is 0 Å². The fourth-order valence-corrected chi connectivity index (χ4v) is 6.13. The zero-order chi connectivity index (χ0) is 19.9. The summed E-state index contributed by atoms with van der Waals surface area (Å²) in [6, 6.07) is 2.94. The summed E-state index contributed by atoms with van der Waals surface area (Å²) in [4.78, 5) is 0. The van der Waals surface area contributed by atoms with Crippen LogP contribution in [0.5, 0.6) is 11.5 Å². The van der Waals surface area contributed by atoms with Crippen LogP contribution in [0.15, 0.2) is 12.1 Å². The molecule has 0 aromatic heterocycles. The van der Waals surface area contributed by atoms with Gasteiger partial charge in [-0.2, -0.15) is 0 Å². The Kier molecular flexibility index (Phi) is 7.06. The second-order valence-corrected chi connectivity index (χ2v) is 10.8. The van der Waals surface area contributed by atoms with Gasteiger partial charge in [-0.25, -0.2) is 0 Å². The summed E-state index contributed by atoms with van der Waals surface area (Å²) < 4.78 is 17.6. The van der Waals surface area contributed by atoms with Crippen LogP contribution in [0.3, 0.4) is 0 Å². The van der Waals surface area contributed by atoms with Crippen molar-refractivity contribution in [1.29, 1.82) is 0 Å². The summed E-state index contributed by atoms with van der Waals surface area (Å²) in [7, 11) is 0. The largest absolute Gasteiger partial charge is 0.435 e. The highest BCUT2D eigenvalue weighted by Crippen LogP contribution is 2.58. The average molecular weight is 527 g/mol.